The van der Waals surface area contributed by atoms with Crippen molar-refractivity contribution in [3.05, 3.63) is 96.1 Å². The number of aryl methyl sites for hydroxylation is 1. The highest BCUT2D eigenvalue weighted by Crippen LogP contribution is 2.29. The van der Waals surface area contributed by atoms with E-state index in [2.05, 4.69) is 102 Å². The Bertz CT molecular complexity index is 1300. The van der Waals surface area contributed by atoms with Gasteiger partial charge in [0.15, 0.2) is 0 Å². The molecule has 0 aliphatic rings. The van der Waals surface area contributed by atoms with Crippen LogP contribution in [0.25, 0.3) is 21.9 Å². The lowest BCUT2D eigenvalue weighted by Gasteiger charge is -2.29. The van der Waals surface area contributed by atoms with Crippen LogP contribution in [0.2, 0.25) is 0 Å². The van der Waals surface area contributed by atoms with Crippen molar-refractivity contribution < 1.29 is 5.11 Å². The zero-order valence-corrected chi connectivity index (χ0v) is 22.5. The van der Waals surface area contributed by atoms with Crippen molar-refractivity contribution in [2.45, 2.75) is 43.7 Å². The normalized spacial score (nSPS) is 12.8. The summed E-state index contributed by atoms with van der Waals surface area (Å²) in [5.74, 6) is 0. The summed E-state index contributed by atoms with van der Waals surface area (Å²) in [5, 5.41) is 16.8. The topological polar surface area (TPSA) is 61.5 Å². The number of fused-ring (bicyclic) bond motifs is 1. The summed E-state index contributed by atoms with van der Waals surface area (Å²) in [7, 11) is 2.01. The van der Waals surface area contributed by atoms with Gasteiger partial charge in [0.05, 0.1) is 6.10 Å². The highest BCUT2D eigenvalue weighted by atomic mass is 32.2. The molecule has 188 valence electrons. The minimum absolute atomic E-state index is 0.122. The fraction of sp³-hybridized carbons (Fsp3) is 0.290. The second-order valence-electron chi connectivity index (χ2n) is 10.3. The van der Waals surface area contributed by atoms with Crippen molar-refractivity contribution >= 4 is 28.4 Å². The van der Waals surface area contributed by atoms with Crippen LogP contribution in [0.5, 0.6) is 0 Å². The molecule has 0 bridgehead atoms. The molecule has 0 aliphatic carbocycles. The zero-order chi connectivity index (χ0) is 25.7. The van der Waals surface area contributed by atoms with E-state index in [-0.39, 0.29) is 5.54 Å². The van der Waals surface area contributed by atoms with E-state index < -0.39 is 6.10 Å². The molecule has 4 rings (SSSR count). The van der Waals surface area contributed by atoms with Gasteiger partial charge in [0.1, 0.15) is 0 Å². The smallest absolute Gasteiger partial charge is 0.0800 e. The largest absolute Gasteiger partial charge is 0.398 e. The van der Waals surface area contributed by atoms with Gasteiger partial charge in [-0.1, -0.05) is 66.7 Å². The highest BCUT2D eigenvalue weighted by Gasteiger charge is 2.20. The molecule has 0 heterocycles. The van der Waals surface area contributed by atoms with E-state index in [0.29, 0.717) is 13.1 Å². The minimum atomic E-state index is -0.468. The number of anilines is 1. The Morgan fingerprint density at radius 2 is 1.67 bits per heavy atom. The Morgan fingerprint density at radius 1 is 0.944 bits per heavy atom. The average Bonchev–Trinajstić information content (AvgIpc) is 2.83. The van der Waals surface area contributed by atoms with Gasteiger partial charge in [-0.3, -0.25) is 0 Å². The molecular formula is C31H37N3OS. The van der Waals surface area contributed by atoms with Crippen molar-refractivity contribution in [1.82, 2.24) is 9.62 Å². The predicted molar refractivity (Wildman–Crippen MR) is 155 cm³/mol. The summed E-state index contributed by atoms with van der Waals surface area (Å²) in [5.41, 5.74) is 11.5. The number of nitrogen functional groups attached to an aromatic ring is 1. The van der Waals surface area contributed by atoms with Crippen LogP contribution in [0.4, 0.5) is 5.69 Å². The number of likely N-dealkylation sites (N-methyl/N-ethyl adjacent to an activating group) is 1. The van der Waals surface area contributed by atoms with Crippen molar-refractivity contribution in [2.75, 3.05) is 25.9 Å². The molecule has 0 radical (unpaired) electrons. The van der Waals surface area contributed by atoms with Crippen molar-refractivity contribution in [1.29, 1.82) is 0 Å². The van der Waals surface area contributed by atoms with Crippen LogP contribution in [0.3, 0.4) is 0 Å². The van der Waals surface area contributed by atoms with Gasteiger partial charge >= 0.3 is 0 Å². The Kier molecular flexibility index (Phi) is 8.37. The molecule has 36 heavy (non-hydrogen) atoms. The van der Waals surface area contributed by atoms with Crippen molar-refractivity contribution in [2.24, 2.45) is 0 Å². The van der Waals surface area contributed by atoms with E-state index in [1.165, 1.54) is 16.3 Å². The summed E-state index contributed by atoms with van der Waals surface area (Å²) >= 11 is 1.63. The van der Waals surface area contributed by atoms with Crippen LogP contribution >= 0.6 is 11.9 Å². The maximum absolute atomic E-state index is 10.7. The fourth-order valence-corrected chi connectivity index (χ4v) is 5.40. The third-order valence-corrected chi connectivity index (χ3v) is 7.32. The monoisotopic (exact) mass is 499 g/mol. The number of β-amino-alcohol motifs (C(OH)–C–C–N with tert-alkyl or cyclic N) is 1. The van der Waals surface area contributed by atoms with Gasteiger partial charge in [-0.05, 0) is 91.8 Å². The number of nitrogens with two attached hydrogens (primary N) is 1. The molecule has 0 aromatic heterocycles. The molecular weight excluding hydrogens is 462 g/mol. The molecule has 1 unspecified atom stereocenters. The Balaban J connectivity index is 1.26. The Hall–Kier alpha value is -2.83. The van der Waals surface area contributed by atoms with Crippen molar-refractivity contribution in [3.8, 4) is 11.1 Å². The van der Waals surface area contributed by atoms with Crippen LogP contribution in [0.1, 0.15) is 25.0 Å². The molecule has 0 fully saturated rings. The van der Waals surface area contributed by atoms with Crippen LogP contribution in [-0.2, 0) is 6.42 Å². The first-order chi connectivity index (χ1) is 17.2. The van der Waals surface area contributed by atoms with Crippen LogP contribution < -0.4 is 11.1 Å². The Labute approximate surface area is 219 Å². The van der Waals surface area contributed by atoms with Gasteiger partial charge in [0, 0.05) is 34.8 Å². The second kappa shape index (κ2) is 11.5. The molecule has 4 aromatic rings. The lowest BCUT2D eigenvalue weighted by atomic mass is 9.93. The van der Waals surface area contributed by atoms with Crippen LogP contribution in [0, 0.1) is 6.92 Å². The highest BCUT2D eigenvalue weighted by molar-refractivity contribution is 7.97. The summed E-state index contributed by atoms with van der Waals surface area (Å²) in [6.07, 6.45) is 0.428. The van der Waals surface area contributed by atoms with E-state index >= 15 is 0 Å². The SMILES string of the molecule is Cc1ccc(-c2ccc(SN(C)CC(O)CNC(C)(C)Cc3ccc4ccccc4c3)cc2)c(N)c1. The second-order valence-corrected chi connectivity index (χ2v) is 11.6. The number of benzene rings is 4. The van der Waals surface area contributed by atoms with Gasteiger partial charge in [-0.25, -0.2) is 4.31 Å². The molecule has 5 heteroatoms. The summed E-state index contributed by atoms with van der Waals surface area (Å²) in [6.45, 7) is 7.53. The van der Waals surface area contributed by atoms with Crippen molar-refractivity contribution in [3.63, 3.8) is 0 Å². The number of aliphatic hydroxyl groups is 1. The zero-order valence-electron chi connectivity index (χ0n) is 21.7. The summed E-state index contributed by atoms with van der Waals surface area (Å²) in [4.78, 5) is 1.13. The molecule has 0 saturated heterocycles. The first kappa shape index (κ1) is 26.2. The Morgan fingerprint density at radius 3 is 2.39 bits per heavy atom. The molecule has 0 amide bonds. The number of rotatable bonds is 10. The summed E-state index contributed by atoms with van der Waals surface area (Å²) < 4.78 is 2.08. The predicted octanol–water partition coefficient (Wildman–Crippen LogP) is 6.31. The quantitative estimate of drug-likeness (QED) is 0.176. The van der Waals surface area contributed by atoms with E-state index in [1.807, 2.05) is 20.0 Å². The maximum Gasteiger partial charge on any atom is 0.0800 e. The number of nitrogens with one attached hydrogen (secondary N) is 1. The minimum Gasteiger partial charge on any atom is -0.398 e. The lowest BCUT2D eigenvalue weighted by molar-refractivity contribution is 0.142. The van der Waals surface area contributed by atoms with Gasteiger partial charge in [0.2, 0.25) is 0 Å². The number of hydrogen-bond acceptors (Lipinski definition) is 5. The van der Waals surface area contributed by atoms with E-state index in [1.54, 1.807) is 11.9 Å². The maximum atomic E-state index is 10.7. The van der Waals surface area contributed by atoms with Crippen LogP contribution in [0.15, 0.2) is 89.8 Å². The number of hydrogen-bond donors (Lipinski definition) is 3. The molecule has 0 spiro atoms. The number of aliphatic hydroxyl groups excluding tert-OH is 1. The van der Waals surface area contributed by atoms with Gasteiger partial charge in [-0.2, -0.15) is 0 Å². The fourth-order valence-electron chi connectivity index (χ4n) is 4.53. The average molecular weight is 500 g/mol. The van der Waals surface area contributed by atoms with E-state index in [4.69, 9.17) is 5.73 Å². The van der Waals surface area contributed by atoms with Gasteiger partial charge < -0.3 is 16.2 Å². The molecule has 0 saturated carbocycles. The molecule has 1 atom stereocenters. The third kappa shape index (κ3) is 7.11. The standard InChI is InChI=1S/C31H37N3OS/c1-22-9-16-29(30(32)17-22)25-12-14-28(15-13-25)36-34(4)21-27(35)20-33-31(2,3)19-23-10-11-24-7-5-6-8-26(24)18-23/h5-18,27,33,35H,19-21,32H2,1-4H3. The molecule has 0 aliphatic heterocycles. The van der Waals surface area contributed by atoms with Gasteiger partial charge in [-0.15, -0.1) is 0 Å². The summed E-state index contributed by atoms with van der Waals surface area (Å²) in [6, 6.07) is 29.7. The van der Waals surface area contributed by atoms with E-state index in [0.717, 1.165) is 33.7 Å². The molecule has 4 aromatic carbocycles. The molecule has 4 nitrogen and oxygen atoms in total. The van der Waals surface area contributed by atoms with E-state index in [9.17, 15) is 5.11 Å². The lowest BCUT2D eigenvalue weighted by Crippen LogP contribution is -2.46. The third-order valence-electron chi connectivity index (χ3n) is 6.38. The first-order valence-electron chi connectivity index (χ1n) is 12.4. The molecule has 4 N–H and O–H groups in total. The van der Waals surface area contributed by atoms with Crippen LogP contribution in [-0.4, -0.2) is 41.2 Å². The number of nitrogens with zero attached hydrogens (tertiary/aromatic N) is 1. The van der Waals surface area contributed by atoms with Gasteiger partial charge in [0.25, 0.3) is 0 Å². The first-order valence-corrected chi connectivity index (χ1v) is 13.2.